The Labute approximate surface area is 157 Å². The summed E-state index contributed by atoms with van der Waals surface area (Å²) in [5.41, 5.74) is 0.913. The highest BCUT2D eigenvalue weighted by Crippen LogP contribution is 2.22. The zero-order valence-corrected chi connectivity index (χ0v) is 15.2. The van der Waals surface area contributed by atoms with Crippen molar-refractivity contribution in [1.29, 1.82) is 0 Å². The molecule has 0 aliphatic heterocycles. The van der Waals surface area contributed by atoms with Gasteiger partial charge in [-0.25, -0.2) is 4.68 Å². The second-order valence-corrected chi connectivity index (χ2v) is 6.90. The van der Waals surface area contributed by atoms with Gasteiger partial charge in [0.25, 0.3) is 11.5 Å². The van der Waals surface area contributed by atoms with Crippen LogP contribution in [0.15, 0.2) is 52.6 Å². The van der Waals surface area contributed by atoms with Gasteiger partial charge < -0.3 is 5.32 Å². The molecule has 1 N–H and O–H groups in total. The van der Waals surface area contributed by atoms with Crippen LogP contribution in [0.5, 0.6) is 0 Å². The third kappa shape index (κ3) is 4.28. The summed E-state index contributed by atoms with van der Waals surface area (Å²) in [6.45, 7) is 0.533. The lowest BCUT2D eigenvalue weighted by atomic mass is 10.2. The highest BCUT2D eigenvalue weighted by Gasteiger charge is 2.09. The van der Waals surface area contributed by atoms with Crippen molar-refractivity contribution in [2.45, 2.75) is 6.54 Å². The predicted molar refractivity (Wildman–Crippen MR) is 101 cm³/mol. The van der Waals surface area contributed by atoms with Crippen LogP contribution >= 0.6 is 34.5 Å². The maximum atomic E-state index is 12.1. The summed E-state index contributed by atoms with van der Waals surface area (Å²) in [4.78, 5) is 25.0. The van der Waals surface area contributed by atoms with Crippen molar-refractivity contribution < 1.29 is 4.79 Å². The van der Waals surface area contributed by atoms with Crippen molar-refractivity contribution in [1.82, 2.24) is 15.1 Å². The Kier molecular flexibility index (Phi) is 5.53. The fourth-order valence-electron chi connectivity index (χ4n) is 2.18. The summed E-state index contributed by atoms with van der Waals surface area (Å²) >= 11 is 13.3. The Morgan fingerprint density at radius 1 is 1.16 bits per heavy atom. The lowest BCUT2D eigenvalue weighted by molar-refractivity contribution is 0.0952. The van der Waals surface area contributed by atoms with Gasteiger partial charge in [0, 0.05) is 18.2 Å². The molecule has 0 fully saturated rings. The van der Waals surface area contributed by atoms with E-state index >= 15 is 0 Å². The third-order valence-electron chi connectivity index (χ3n) is 3.43. The van der Waals surface area contributed by atoms with Crippen LogP contribution in [0.25, 0.3) is 10.6 Å². The molecule has 2 heterocycles. The number of nitrogens with one attached hydrogen (secondary N) is 1. The molecule has 1 amide bonds. The van der Waals surface area contributed by atoms with E-state index in [1.54, 1.807) is 29.5 Å². The zero-order valence-electron chi connectivity index (χ0n) is 12.9. The van der Waals surface area contributed by atoms with Gasteiger partial charge in [-0.15, -0.1) is 11.3 Å². The molecule has 0 unspecified atom stereocenters. The monoisotopic (exact) mass is 393 g/mol. The number of nitrogens with zero attached hydrogens (tertiary/aromatic N) is 2. The number of rotatable bonds is 5. The molecule has 0 saturated carbocycles. The fourth-order valence-corrected chi connectivity index (χ4v) is 3.17. The van der Waals surface area contributed by atoms with Crippen LogP contribution in [-0.4, -0.2) is 22.2 Å². The van der Waals surface area contributed by atoms with E-state index in [2.05, 4.69) is 10.4 Å². The first-order valence-corrected chi connectivity index (χ1v) is 9.03. The van der Waals surface area contributed by atoms with Crippen LogP contribution in [0.1, 0.15) is 10.4 Å². The number of carbonyl (C=O) groups excluding carboxylic acids is 1. The number of thiophene rings is 1. The normalized spacial score (nSPS) is 10.6. The minimum atomic E-state index is -0.291. The van der Waals surface area contributed by atoms with Crippen molar-refractivity contribution in [3.63, 3.8) is 0 Å². The van der Waals surface area contributed by atoms with Crippen molar-refractivity contribution in [3.05, 3.63) is 73.8 Å². The Morgan fingerprint density at radius 3 is 2.72 bits per heavy atom. The third-order valence-corrected chi connectivity index (χ3v) is 5.06. The smallest absolute Gasteiger partial charge is 0.266 e. The molecular formula is C17H13Cl2N3O2S. The van der Waals surface area contributed by atoms with Crippen LogP contribution in [0.4, 0.5) is 0 Å². The molecule has 3 rings (SSSR count). The number of hydrogen-bond donors (Lipinski definition) is 1. The van der Waals surface area contributed by atoms with Crippen LogP contribution in [-0.2, 0) is 6.54 Å². The van der Waals surface area contributed by atoms with Crippen LogP contribution in [0.2, 0.25) is 10.0 Å². The first kappa shape index (κ1) is 17.7. The van der Waals surface area contributed by atoms with E-state index < -0.39 is 0 Å². The van der Waals surface area contributed by atoms with E-state index in [1.807, 2.05) is 17.5 Å². The molecule has 25 heavy (non-hydrogen) atoms. The van der Waals surface area contributed by atoms with Gasteiger partial charge in [0.05, 0.1) is 21.5 Å². The maximum absolute atomic E-state index is 12.1. The SMILES string of the molecule is O=C(NCCn1nc(-c2cccs2)ccc1=O)c1ccc(Cl)c(Cl)c1. The van der Waals surface area contributed by atoms with Gasteiger partial charge >= 0.3 is 0 Å². The molecule has 0 aliphatic rings. The van der Waals surface area contributed by atoms with E-state index in [4.69, 9.17) is 23.2 Å². The minimum Gasteiger partial charge on any atom is -0.350 e. The van der Waals surface area contributed by atoms with E-state index in [-0.39, 0.29) is 24.6 Å². The number of carbonyl (C=O) groups is 1. The summed E-state index contributed by atoms with van der Waals surface area (Å²) in [5.74, 6) is -0.291. The molecule has 0 radical (unpaired) electrons. The topological polar surface area (TPSA) is 64.0 Å². The van der Waals surface area contributed by atoms with E-state index in [0.717, 1.165) is 10.6 Å². The van der Waals surface area contributed by atoms with Crippen molar-refractivity contribution in [3.8, 4) is 10.6 Å². The fraction of sp³-hybridized carbons (Fsp3) is 0.118. The second kappa shape index (κ2) is 7.82. The number of halogens is 2. The van der Waals surface area contributed by atoms with Gasteiger partial charge in [0.1, 0.15) is 5.69 Å². The van der Waals surface area contributed by atoms with Crippen LogP contribution in [0, 0.1) is 0 Å². The first-order chi connectivity index (χ1) is 12.0. The average molecular weight is 394 g/mol. The van der Waals surface area contributed by atoms with Crippen molar-refractivity contribution in [2.75, 3.05) is 6.54 Å². The highest BCUT2D eigenvalue weighted by atomic mass is 35.5. The molecule has 128 valence electrons. The molecule has 0 atom stereocenters. The number of aromatic nitrogens is 2. The Bertz CT molecular complexity index is 955. The molecule has 0 aliphatic carbocycles. The molecule has 1 aromatic carbocycles. The quantitative estimate of drug-likeness (QED) is 0.718. The number of hydrogen-bond acceptors (Lipinski definition) is 4. The van der Waals surface area contributed by atoms with Gasteiger partial charge in [-0.1, -0.05) is 29.3 Å². The Hall–Kier alpha value is -2.15. The van der Waals surface area contributed by atoms with E-state index in [1.165, 1.54) is 16.8 Å². The Morgan fingerprint density at radius 2 is 2.00 bits per heavy atom. The summed E-state index contributed by atoms with van der Waals surface area (Å²) in [6.07, 6.45) is 0. The molecule has 5 nitrogen and oxygen atoms in total. The number of benzene rings is 1. The van der Waals surface area contributed by atoms with Gasteiger partial charge in [0.15, 0.2) is 0 Å². The van der Waals surface area contributed by atoms with E-state index in [9.17, 15) is 9.59 Å². The van der Waals surface area contributed by atoms with Crippen molar-refractivity contribution in [2.24, 2.45) is 0 Å². The van der Waals surface area contributed by atoms with Crippen LogP contribution in [0.3, 0.4) is 0 Å². The zero-order chi connectivity index (χ0) is 17.8. The van der Waals surface area contributed by atoms with Crippen LogP contribution < -0.4 is 10.9 Å². The minimum absolute atomic E-state index is 0.218. The number of amides is 1. The summed E-state index contributed by atoms with van der Waals surface area (Å²) in [7, 11) is 0. The van der Waals surface area contributed by atoms with Gasteiger partial charge in [-0.2, -0.15) is 5.10 Å². The lowest BCUT2D eigenvalue weighted by Crippen LogP contribution is -2.31. The molecule has 2 aromatic heterocycles. The van der Waals surface area contributed by atoms with Gasteiger partial charge in [-0.05, 0) is 35.7 Å². The predicted octanol–water partition coefficient (Wildman–Crippen LogP) is 3.71. The molecule has 3 aromatic rings. The largest absolute Gasteiger partial charge is 0.350 e. The van der Waals surface area contributed by atoms with Gasteiger partial charge in [-0.3, -0.25) is 9.59 Å². The summed E-state index contributed by atoms with van der Waals surface area (Å²) in [6, 6.07) is 11.7. The molecule has 0 saturated heterocycles. The Balaban J connectivity index is 1.65. The molecule has 0 bridgehead atoms. The summed E-state index contributed by atoms with van der Waals surface area (Å²) < 4.78 is 1.34. The molecule has 8 heteroatoms. The van der Waals surface area contributed by atoms with E-state index in [0.29, 0.717) is 15.6 Å². The average Bonchev–Trinajstić information content (AvgIpc) is 3.13. The lowest BCUT2D eigenvalue weighted by Gasteiger charge is -2.08. The van der Waals surface area contributed by atoms with Gasteiger partial charge in [0.2, 0.25) is 0 Å². The highest BCUT2D eigenvalue weighted by molar-refractivity contribution is 7.13. The molecular weight excluding hydrogens is 381 g/mol. The second-order valence-electron chi connectivity index (χ2n) is 5.14. The maximum Gasteiger partial charge on any atom is 0.266 e. The summed E-state index contributed by atoms with van der Waals surface area (Å²) in [5, 5.41) is 9.72. The van der Waals surface area contributed by atoms with Crippen molar-refractivity contribution >= 4 is 40.4 Å². The molecule has 0 spiro atoms. The standard InChI is InChI=1S/C17H13Cl2N3O2S/c18-12-4-3-11(10-13(12)19)17(24)20-7-8-22-16(23)6-5-14(21-22)15-2-1-9-25-15/h1-6,9-10H,7-8H2,(H,20,24). The first-order valence-electron chi connectivity index (χ1n) is 7.40.